The van der Waals surface area contributed by atoms with E-state index in [0.29, 0.717) is 18.5 Å². The minimum Gasteiger partial charge on any atom is -0.481 e. The standard InChI is InChI=1S/C30H39N6O10P/c1-3-46-47(45,19-31-28(40)20(2)32-26(37)15-16-27(38)39)35-17-7-10-25(35)30(42)34-24(18-21-8-5-4-6-9-21)29(41)33-22-11-13-23(14-12-22)36(43)44/h4-6,8-9,11-14,20,24-25H,3,7,10,15-19H2,1-2H3,(H,31,40)(H,32,37)(H,33,41)(H,34,42)(H,38,39)/t20-,24-,25-,47?/m0/s1. The molecule has 1 saturated heterocycles. The lowest BCUT2D eigenvalue weighted by atomic mass is 10.0. The number of nitro groups is 1. The maximum atomic E-state index is 14.1. The smallest absolute Gasteiger partial charge is 0.303 e. The van der Waals surface area contributed by atoms with Crippen LogP contribution < -0.4 is 21.3 Å². The molecule has 0 aromatic heterocycles. The number of aliphatic carboxylic acids is 1. The molecule has 1 unspecified atom stereocenters. The van der Waals surface area contributed by atoms with Crippen molar-refractivity contribution in [3.63, 3.8) is 0 Å². The van der Waals surface area contributed by atoms with Gasteiger partial charge in [-0.1, -0.05) is 30.3 Å². The largest absolute Gasteiger partial charge is 0.481 e. The van der Waals surface area contributed by atoms with E-state index < -0.39 is 72.9 Å². The number of carbonyl (C=O) groups is 5. The van der Waals surface area contributed by atoms with Crippen molar-refractivity contribution in [1.82, 2.24) is 20.6 Å². The summed E-state index contributed by atoms with van der Waals surface area (Å²) in [5.74, 6) is -3.62. The van der Waals surface area contributed by atoms with Crippen LogP contribution in [-0.4, -0.2) is 81.9 Å². The van der Waals surface area contributed by atoms with Crippen molar-refractivity contribution in [2.45, 2.75) is 64.1 Å². The Morgan fingerprint density at radius 2 is 1.72 bits per heavy atom. The summed E-state index contributed by atoms with van der Waals surface area (Å²) >= 11 is 0. The third-order valence-corrected chi connectivity index (χ3v) is 9.78. The molecule has 0 aliphatic carbocycles. The van der Waals surface area contributed by atoms with Crippen LogP contribution in [0.3, 0.4) is 0 Å². The van der Waals surface area contributed by atoms with Gasteiger partial charge in [0, 0.05) is 37.2 Å². The molecule has 254 valence electrons. The molecular weight excluding hydrogens is 635 g/mol. The minimum atomic E-state index is -3.84. The molecule has 1 heterocycles. The molecule has 5 N–H and O–H groups in total. The van der Waals surface area contributed by atoms with Crippen molar-refractivity contribution in [3.8, 4) is 0 Å². The van der Waals surface area contributed by atoms with Crippen LogP contribution in [0.1, 0.15) is 45.1 Å². The topological polar surface area (TPSA) is 226 Å². The summed E-state index contributed by atoms with van der Waals surface area (Å²) in [5, 5.41) is 30.1. The third-order valence-electron chi connectivity index (χ3n) is 7.30. The number of carbonyl (C=O) groups excluding carboxylic acids is 4. The Labute approximate surface area is 271 Å². The van der Waals surface area contributed by atoms with E-state index in [0.717, 1.165) is 5.56 Å². The molecule has 0 saturated carbocycles. The van der Waals surface area contributed by atoms with Gasteiger partial charge in [0.2, 0.25) is 23.6 Å². The number of carboxylic acids is 1. The van der Waals surface area contributed by atoms with Crippen molar-refractivity contribution in [1.29, 1.82) is 0 Å². The van der Waals surface area contributed by atoms with Crippen molar-refractivity contribution < 1.29 is 43.1 Å². The number of nitro benzene ring substituents is 1. The zero-order valence-electron chi connectivity index (χ0n) is 26.0. The van der Waals surface area contributed by atoms with Crippen LogP contribution in [0.4, 0.5) is 11.4 Å². The van der Waals surface area contributed by atoms with E-state index >= 15 is 0 Å². The summed E-state index contributed by atoms with van der Waals surface area (Å²) in [7, 11) is -3.84. The average Bonchev–Trinajstić information content (AvgIpc) is 3.54. The Morgan fingerprint density at radius 3 is 2.34 bits per heavy atom. The van der Waals surface area contributed by atoms with Gasteiger partial charge in [-0.25, -0.2) is 4.67 Å². The highest BCUT2D eigenvalue weighted by Gasteiger charge is 2.44. The number of benzene rings is 2. The van der Waals surface area contributed by atoms with Gasteiger partial charge >= 0.3 is 5.97 Å². The van der Waals surface area contributed by atoms with E-state index in [9.17, 15) is 38.7 Å². The summed E-state index contributed by atoms with van der Waals surface area (Å²) in [6, 6.07) is 11.1. The van der Waals surface area contributed by atoms with Gasteiger partial charge in [0.05, 0.1) is 24.0 Å². The second-order valence-corrected chi connectivity index (χ2v) is 13.2. The highest BCUT2D eigenvalue weighted by atomic mass is 31.2. The van der Waals surface area contributed by atoms with Gasteiger partial charge in [0.1, 0.15) is 18.4 Å². The Hall–Kier alpha value is -4.66. The number of nitrogens with zero attached hydrogens (tertiary/aromatic N) is 2. The molecule has 3 rings (SSSR count). The Morgan fingerprint density at radius 1 is 1.04 bits per heavy atom. The summed E-state index contributed by atoms with van der Waals surface area (Å²) in [4.78, 5) is 72.9. The average molecular weight is 675 g/mol. The number of anilines is 1. The number of rotatable bonds is 17. The summed E-state index contributed by atoms with van der Waals surface area (Å²) in [6.07, 6.45) is -0.276. The molecule has 1 aliphatic rings. The molecule has 0 spiro atoms. The molecule has 4 atom stereocenters. The van der Waals surface area contributed by atoms with Crippen LogP contribution in [0.5, 0.6) is 0 Å². The van der Waals surface area contributed by atoms with Crippen molar-refractivity contribution in [2.75, 3.05) is 24.8 Å². The monoisotopic (exact) mass is 674 g/mol. The third kappa shape index (κ3) is 11.0. The maximum absolute atomic E-state index is 14.1. The van der Waals surface area contributed by atoms with Gasteiger partial charge < -0.3 is 30.9 Å². The molecule has 1 fully saturated rings. The van der Waals surface area contributed by atoms with Gasteiger partial charge in [-0.05, 0) is 44.4 Å². The zero-order valence-corrected chi connectivity index (χ0v) is 26.9. The molecule has 4 amide bonds. The van der Waals surface area contributed by atoms with E-state index in [1.165, 1.54) is 35.9 Å². The number of nitrogens with one attached hydrogen (secondary N) is 4. The highest BCUT2D eigenvalue weighted by Crippen LogP contribution is 2.53. The van der Waals surface area contributed by atoms with E-state index in [1.807, 2.05) is 6.07 Å². The fourth-order valence-electron chi connectivity index (χ4n) is 4.95. The van der Waals surface area contributed by atoms with Crippen LogP contribution in [0.2, 0.25) is 0 Å². The Kier molecular flexibility index (Phi) is 13.6. The number of amides is 4. The summed E-state index contributed by atoms with van der Waals surface area (Å²) in [6.45, 7) is 3.22. The molecule has 47 heavy (non-hydrogen) atoms. The van der Waals surface area contributed by atoms with Crippen molar-refractivity contribution in [2.24, 2.45) is 0 Å². The highest BCUT2D eigenvalue weighted by molar-refractivity contribution is 7.56. The maximum Gasteiger partial charge on any atom is 0.303 e. The first-order chi connectivity index (χ1) is 22.3. The first-order valence-electron chi connectivity index (χ1n) is 15.0. The fraction of sp³-hybridized carbons (Fsp3) is 0.433. The van der Waals surface area contributed by atoms with Gasteiger partial charge in [0.15, 0.2) is 0 Å². The van der Waals surface area contributed by atoms with E-state index in [2.05, 4.69) is 21.3 Å². The first kappa shape index (κ1) is 36.8. The second kappa shape index (κ2) is 17.3. The van der Waals surface area contributed by atoms with Gasteiger partial charge in [-0.2, -0.15) is 0 Å². The van der Waals surface area contributed by atoms with Crippen molar-refractivity contribution in [3.05, 3.63) is 70.3 Å². The predicted molar refractivity (Wildman–Crippen MR) is 170 cm³/mol. The lowest BCUT2D eigenvalue weighted by Crippen LogP contribution is -2.51. The normalized spacial score (nSPS) is 17.0. The summed E-state index contributed by atoms with van der Waals surface area (Å²) in [5.41, 5.74) is 0.898. The molecule has 17 heteroatoms. The lowest BCUT2D eigenvalue weighted by Gasteiger charge is -2.32. The first-order valence-corrected chi connectivity index (χ1v) is 16.8. The number of hydrogen-bond acceptors (Lipinski definition) is 9. The zero-order chi connectivity index (χ0) is 34.6. The van der Waals surface area contributed by atoms with Crippen LogP contribution in [0.15, 0.2) is 54.6 Å². The predicted octanol–water partition coefficient (Wildman–Crippen LogP) is 2.40. The number of non-ortho nitro benzene ring substituents is 1. The van der Waals surface area contributed by atoms with Crippen LogP contribution in [-0.2, 0) is 39.5 Å². The minimum absolute atomic E-state index is 0.00768. The Balaban J connectivity index is 1.72. The fourth-order valence-corrected chi connectivity index (χ4v) is 7.22. The molecule has 0 radical (unpaired) electrons. The SMILES string of the molecule is CCOP(=O)(CNC(=O)[C@H](C)NC(=O)CCC(=O)O)N1CCC[C@H]1C(=O)N[C@@H](Cc1ccccc1)C(=O)Nc1ccc([N+](=O)[O-])cc1. The van der Waals surface area contributed by atoms with E-state index in [1.54, 1.807) is 31.2 Å². The molecule has 2 aromatic rings. The summed E-state index contributed by atoms with van der Waals surface area (Å²) < 4.78 is 21.1. The quantitative estimate of drug-likeness (QED) is 0.0930. The van der Waals surface area contributed by atoms with Crippen LogP contribution in [0, 0.1) is 10.1 Å². The van der Waals surface area contributed by atoms with Gasteiger partial charge in [-0.15, -0.1) is 0 Å². The second-order valence-electron chi connectivity index (χ2n) is 10.8. The molecule has 0 bridgehead atoms. The molecular formula is C30H39N6O10P. The molecule has 1 aliphatic heterocycles. The lowest BCUT2D eigenvalue weighted by molar-refractivity contribution is -0.384. The van der Waals surface area contributed by atoms with Gasteiger partial charge in [0.25, 0.3) is 13.2 Å². The number of carboxylic acid groups (broad SMARTS) is 1. The Bertz CT molecular complexity index is 1490. The van der Waals surface area contributed by atoms with E-state index in [-0.39, 0.29) is 31.7 Å². The number of hydrogen-bond donors (Lipinski definition) is 5. The molecule has 16 nitrogen and oxygen atoms in total. The van der Waals surface area contributed by atoms with Crippen LogP contribution >= 0.6 is 7.52 Å². The van der Waals surface area contributed by atoms with Crippen molar-refractivity contribution >= 4 is 48.5 Å². The van der Waals surface area contributed by atoms with E-state index in [4.69, 9.17) is 9.63 Å². The van der Waals surface area contributed by atoms with Crippen LogP contribution in [0.25, 0.3) is 0 Å². The van der Waals surface area contributed by atoms with Gasteiger partial charge in [-0.3, -0.25) is 38.7 Å². The molecule has 2 aromatic carbocycles.